The van der Waals surface area contributed by atoms with Crippen molar-refractivity contribution < 1.29 is 4.79 Å². The SMILES string of the molecule is CCNC(=NCCC1CCN(CC)CC1)N1CCN(CC(=O)NC(C)C)CC1.I. The van der Waals surface area contributed by atoms with E-state index in [1.165, 1.54) is 38.9 Å². The predicted molar refractivity (Wildman–Crippen MR) is 132 cm³/mol. The third-order valence-corrected chi connectivity index (χ3v) is 5.78. The van der Waals surface area contributed by atoms with E-state index in [1.54, 1.807) is 0 Å². The van der Waals surface area contributed by atoms with Gasteiger partial charge in [-0.2, -0.15) is 0 Å². The van der Waals surface area contributed by atoms with E-state index in [0.717, 1.165) is 51.1 Å². The number of amides is 1. The Morgan fingerprint density at radius 1 is 1.03 bits per heavy atom. The van der Waals surface area contributed by atoms with Crippen LogP contribution in [0.15, 0.2) is 4.99 Å². The Kier molecular flexibility index (Phi) is 13.1. The molecule has 0 aliphatic carbocycles. The Labute approximate surface area is 195 Å². The van der Waals surface area contributed by atoms with Crippen molar-refractivity contribution in [2.75, 3.05) is 65.4 Å². The third-order valence-electron chi connectivity index (χ3n) is 5.78. The van der Waals surface area contributed by atoms with Crippen molar-refractivity contribution in [2.45, 2.75) is 53.0 Å². The van der Waals surface area contributed by atoms with Crippen LogP contribution >= 0.6 is 24.0 Å². The molecule has 0 radical (unpaired) electrons. The molecule has 0 saturated carbocycles. The van der Waals surface area contributed by atoms with E-state index in [1.807, 2.05) is 13.8 Å². The fourth-order valence-electron chi connectivity index (χ4n) is 4.06. The van der Waals surface area contributed by atoms with Crippen LogP contribution in [0.1, 0.15) is 47.0 Å². The van der Waals surface area contributed by atoms with Crippen LogP contribution in [0.25, 0.3) is 0 Å². The van der Waals surface area contributed by atoms with Gasteiger partial charge in [0.1, 0.15) is 0 Å². The largest absolute Gasteiger partial charge is 0.357 e. The van der Waals surface area contributed by atoms with Crippen molar-refractivity contribution in [1.29, 1.82) is 0 Å². The van der Waals surface area contributed by atoms with Crippen LogP contribution in [0.3, 0.4) is 0 Å². The van der Waals surface area contributed by atoms with Crippen LogP contribution in [-0.4, -0.2) is 98.1 Å². The van der Waals surface area contributed by atoms with Gasteiger partial charge in [-0.3, -0.25) is 14.7 Å². The lowest BCUT2D eigenvalue weighted by molar-refractivity contribution is -0.123. The van der Waals surface area contributed by atoms with Gasteiger partial charge in [-0.1, -0.05) is 6.92 Å². The standard InChI is InChI=1S/C21H42N6O.HI/c1-5-22-21(23-10-7-19-8-11-25(6-2)12-9-19)27-15-13-26(14-16-27)17-20(28)24-18(3)4;/h18-19H,5-17H2,1-4H3,(H,22,23)(H,24,28);1H. The normalized spacial score (nSPS) is 19.9. The van der Waals surface area contributed by atoms with Crippen molar-refractivity contribution in [3.8, 4) is 0 Å². The second-order valence-corrected chi connectivity index (χ2v) is 8.39. The molecule has 0 aromatic carbocycles. The number of aliphatic imine (C=N–C) groups is 1. The number of halogens is 1. The fraction of sp³-hybridized carbons (Fsp3) is 0.905. The van der Waals surface area contributed by atoms with Gasteiger partial charge in [0.15, 0.2) is 5.96 Å². The first-order chi connectivity index (χ1) is 13.5. The number of piperazine rings is 1. The molecule has 0 atom stereocenters. The molecule has 7 nitrogen and oxygen atoms in total. The number of likely N-dealkylation sites (tertiary alicyclic amines) is 1. The van der Waals surface area contributed by atoms with Gasteiger partial charge in [-0.15, -0.1) is 24.0 Å². The highest BCUT2D eigenvalue weighted by Crippen LogP contribution is 2.20. The number of carbonyl (C=O) groups is 1. The van der Waals surface area contributed by atoms with E-state index in [2.05, 4.69) is 39.2 Å². The molecule has 0 aromatic rings. The molecule has 170 valence electrons. The number of nitrogens with zero attached hydrogens (tertiary/aromatic N) is 4. The molecule has 2 aliphatic heterocycles. The summed E-state index contributed by atoms with van der Waals surface area (Å²) in [4.78, 5) is 24.0. The van der Waals surface area contributed by atoms with E-state index >= 15 is 0 Å². The number of rotatable bonds is 8. The topological polar surface area (TPSA) is 63.2 Å². The van der Waals surface area contributed by atoms with Crippen molar-refractivity contribution in [3.63, 3.8) is 0 Å². The first kappa shape index (κ1) is 26.4. The van der Waals surface area contributed by atoms with Crippen molar-refractivity contribution >= 4 is 35.8 Å². The summed E-state index contributed by atoms with van der Waals surface area (Å²) in [5.74, 6) is 1.99. The molecule has 2 fully saturated rings. The predicted octanol–water partition coefficient (Wildman–Crippen LogP) is 1.83. The minimum absolute atomic E-state index is 0. The van der Waals surface area contributed by atoms with Crippen LogP contribution in [0, 0.1) is 5.92 Å². The van der Waals surface area contributed by atoms with Crippen molar-refractivity contribution in [3.05, 3.63) is 0 Å². The highest BCUT2D eigenvalue weighted by Gasteiger charge is 2.22. The molecular weight excluding hydrogens is 479 g/mol. The Morgan fingerprint density at radius 2 is 1.69 bits per heavy atom. The van der Waals surface area contributed by atoms with Gasteiger partial charge < -0.3 is 20.4 Å². The Bertz CT molecular complexity index is 486. The van der Waals surface area contributed by atoms with Gasteiger partial charge in [0.25, 0.3) is 0 Å². The highest BCUT2D eigenvalue weighted by molar-refractivity contribution is 14.0. The second kappa shape index (κ2) is 14.4. The summed E-state index contributed by atoms with van der Waals surface area (Å²) in [6.07, 6.45) is 3.83. The average Bonchev–Trinajstić information content (AvgIpc) is 2.68. The zero-order valence-electron chi connectivity index (χ0n) is 19.0. The molecule has 2 N–H and O–H groups in total. The van der Waals surface area contributed by atoms with Gasteiger partial charge in [0.05, 0.1) is 6.54 Å². The van der Waals surface area contributed by atoms with E-state index in [9.17, 15) is 4.79 Å². The van der Waals surface area contributed by atoms with E-state index < -0.39 is 0 Å². The van der Waals surface area contributed by atoms with Gasteiger partial charge >= 0.3 is 0 Å². The van der Waals surface area contributed by atoms with Gasteiger partial charge in [-0.05, 0) is 65.6 Å². The molecule has 1 amide bonds. The summed E-state index contributed by atoms with van der Waals surface area (Å²) in [5, 5.41) is 6.43. The zero-order chi connectivity index (χ0) is 20.4. The van der Waals surface area contributed by atoms with Gasteiger partial charge in [0.2, 0.25) is 5.91 Å². The first-order valence-electron chi connectivity index (χ1n) is 11.3. The van der Waals surface area contributed by atoms with Crippen LogP contribution in [0.5, 0.6) is 0 Å². The Morgan fingerprint density at radius 3 is 2.24 bits per heavy atom. The van der Waals surface area contributed by atoms with Crippen LogP contribution < -0.4 is 10.6 Å². The minimum Gasteiger partial charge on any atom is -0.357 e. The number of carbonyl (C=O) groups excluding carboxylic acids is 1. The molecule has 0 bridgehead atoms. The maximum atomic E-state index is 12.0. The Hall–Kier alpha value is -0.610. The average molecular weight is 523 g/mol. The number of guanidine groups is 1. The summed E-state index contributed by atoms with van der Waals surface area (Å²) in [7, 11) is 0. The summed E-state index contributed by atoms with van der Waals surface area (Å²) in [6, 6.07) is 0.204. The first-order valence-corrected chi connectivity index (χ1v) is 11.3. The lowest BCUT2D eigenvalue weighted by Crippen LogP contribution is -2.54. The monoisotopic (exact) mass is 522 g/mol. The Balaban J connectivity index is 0.00000420. The number of hydrogen-bond acceptors (Lipinski definition) is 4. The fourth-order valence-corrected chi connectivity index (χ4v) is 4.06. The van der Waals surface area contributed by atoms with E-state index in [0.29, 0.717) is 6.54 Å². The van der Waals surface area contributed by atoms with Crippen LogP contribution in [0.4, 0.5) is 0 Å². The maximum Gasteiger partial charge on any atom is 0.234 e. The van der Waals surface area contributed by atoms with Crippen molar-refractivity contribution in [2.24, 2.45) is 10.9 Å². The van der Waals surface area contributed by atoms with Gasteiger partial charge in [-0.25, -0.2) is 0 Å². The summed E-state index contributed by atoms with van der Waals surface area (Å²) in [5.41, 5.74) is 0. The number of piperidine rings is 1. The number of nitrogens with one attached hydrogen (secondary N) is 2. The van der Waals surface area contributed by atoms with Crippen molar-refractivity contribution in [1.82, 2.24) is 25.3 Å². The molecule has 2 saturated heterocycles. The molecule has 2 heterocycles. The minimum atomic E-state index is 0. The molecule has 0 unspecified atom stereocenters. The van der Waals surface area contributed by atoms with Crippen LogP contribution in [0.2, 0.25) is 0 Å². The van der Waals surface area contributed by atoms with Crippen LogP contribution in [-0.2, 0) is 4.79 Å². The quantitative estimate of drug-likeness (QED) is 0.290. The second-order valence-electron chi connectivity index (χ2n) is 8.39. The molecule has 0 aromatic heterocycles. The molecule has 29 heavy (non-hydrogen) atoms. The maximum absolute atomic E-state index is 12.0. The lowest BCUT2D eigenvalue weighted by Gasteiger charge is -2.36. The van der Waals surface area contributed by atoms with Gasteiger partial charge in [0, 0.05) is 45.3 Å². The summed E-state index contributed by atoms with van der Waals surface area (Å²) >= 11 is 0. The number of hydrogen-bond donors (Lipinski definition) is 2. The van der Waals surface area contributed by atoms with E-state index in [4.69, 9.17) is 4.99 Å². The summed E-state index contributed by atoms with van der Waals surface area (Å²) < 4.78 is 0. The molecule has 0 spiro atoms. The summed E-state index contributed by atoms with van der Waals surface area (Å²) in [6.45, 7) is 18.0. The molecular formula is C21H43IN6O. The smallest absolute Gasteiger partial charge is 0.234 e. The lowest BCUT2D eigenvalue weighted by atomic mass is 9.94. The van der Waals surface area contributed by atoms with E-state index in [-0.39, 0.29) is 35.9 Å². The molecule has 2 rings (SSSR count). The molecule has 8 heteroatoms. The molecule has 2 aliphatic rings. The third kappa shape index (κ3) is 9.83. The zero-order valence-corrected chi connectivity index (χ0v) is 21.3. The highest BCUT2D eigenvalue weighted by atomic mass is 127.